The molecule has 0 spiro atoms. The van der Waals surface area contributed by atoms with Crippen molar-refractivity contribution in [3.63, 3.8) is 0 Å². The van der Waals surface area contributed by atoms with Crippen LogP contribution in [-0.2, 0) is 11.2 Å². The molecule has 3 aromatic rings. The van der Waals surface area contributed by atoms with E-state index in [0.717, 1.165) is 22.5 Å². The third kappa shape index (κ3) is 3.03. The molecule has 2 aromatic heterocycles. The fourth-order valence-corrected chi connectivity index (χ4v) is 2.58. The molecule has 0 aliphatic rings. The van der Waals surface area contributed by atoms with Crippen molar-refractivity contribution in [3.05, 3.63) is 58.9 Å². The zero-order valence-electron chi connectivity index (χ0n) is 13.8. The van der Waals surface area contributed by atoms with Crippen molar-refractivity contribution in [1.29, 1.82) is 0 Å². The molecule has 6 nitrogen and oxygen atoms in total. The highest BCUT2D eigenvalue weighted by molar-refractivity contribution is 5.72. The Morgan fingerprint density at radius 1 is 1.17 bits per heavy atom. The van der Waals surface area contributed by atoms with Gasteiger partial charge >= 0.3 is 5.97 Å². The molecule has 0 aliphatic carbocycles. The van der Waals surface area contributed by atoms with Crippen molar-refractivity contribution < 1.29 is 9.90 Å². The first-order valence-electron chi connectivity index (χ1n) is 7.63. The number of aryl methyl sites for hydroxylation is 3. The fourth-order valence-electron chi connectivity index (χ4n) is 2.58. The highest BCUT2D eigenvalue weighted by atomic mass is 16.4. The van der Waals surface area contributed by atoms with Gasteiger partial charge in [0.15, 0.2) is 5.82 Å². The number of rotatable bonds is 4. The SMILES string of the molecule is Cc1ccc(C)c(N=Nc2c(CC(=O)O)nc3cccc(C)n23)c1. The molecule has 3 rings (SSSR count). The summed E-state index contributed by atoms with van der Waals surface area (Å²) < 4.78 is 1.83. The van der Waals surface area contributed by atoms with Gasteiger partial charge in [0.05, 0.1) is 17.8 Å². The lowest BCUT2D eigenvalue weighted by atomic mass is 10.1. The van der Waals surface area contributed by atoms with Crippen LogP contribution in [0, 0.1) is 20.8 Å². The normalized spacial score (nSPS) is 11.5. The first-order chi connectivity index (χ1) is 11.5. The highest BCUT2D eigenvalue weighted by Crippen LogP contribution is 2.27. The molecule has 2 heterocycles. The van der Waals surface area contributed by atoms with Gasteiger partial charge in [0.2, 0.25) is 0 Å². The summed E-state index contributed by atoms with van der Waals surface area (Å²) in [4.78, 5) is 15.5. The molecule has 0 radical (unpaired) electrons. The van der Waals surface area contributed by atoms with Crippen molar-refractivity contribution in [2.24, 2.45) is 10.2 Å². The minimum absolute atomic E-state index is 0.192. The van der Waals surface area contributed by atoms with Crippen LogP contribution >= 0.6 is 0 Å². The maximum absolute atomic E-state index is 11.1. The lowest BCUT2D eigenvalue weighted by Crippen LogP contribution is -2.00. The number of carbonyl (C=O) groups is 1. The summed E-state index contributed by atoms with van der Waals surface area (Å²) in [6, 6.07) is 11.6. The van der Waals surface area contributed by atoms with Crippen molar-refractivity contribution >= 4 is 23.1 Å². The van der Waals surface area contributed by atoms with E-state index in [1.54, 1.807) is 0 Å². The van der Waals surface area contributed by atoms with Gasteiger partial charge in [0.1, 0.15) is 5.65 Å². The Hall–Kier alpha value is -3.02. The number of azo groups is 1. The minimum Gasteiger partial charge on any atom is -0.481 e. The molecule has 0 atom stereocenters. The van der Waals surface area contributed by atoms with Gasteiger partial charge in [-0.25, -0.2) is 4.98 Å². The third-order valence-electron chi connectivity index (χ3n) is 3.82. The largest absolute Gasteiger partial charge is 0.481 e. The Kier molecular flexibility index (Phi) is 4.12. The Labute approximate surface area is 139 Å². The van der Waals surface area contributed by atoms with Crippen LogP contribution in [-0.4, -0.2) is 20.5 Å². The maximum atomic E-state index is 11.1. The van der Waals surface area contributed by atoms with Crippen molar-refractivity contribution in [2.45, 2.75) is 27.2 Å². The molecule has 1 N–H and O–H groups in total. The van der Waals surface area contributed by atoms with E-state index in [2.05, 4.69) is 15.2 Å². The molecule has 122 valence electrons. The third-order valence-corrected chi connectivity index (χ3v) is 3.82. The predicted octanol–water partition coefficient (Wildman–Crippen LogP) is 4.30. The highest BCUT2D eigenvalue weighted by Gasteiger charge is 2.16. The zero-order valence-corrected chi connectivity index (χ0v) is 13.8. The smallest absolute Gasteiger partial charge is 0.309 e. The zero-order chi connectivity index (χ0) is 17.3. The Morgan fingerprint density at radius 3 is 2.71 bits per heavy atom. The van der Waals surface area contributed by atoms with Crippen LogP contribution in [0.2, 0.25) is 0 Å². The van der Waals surface area contributed by atoms with Crippen LogP contribution < -0.4 is 0 Å². The summed E-state index contributed by atoms with van der Waals surface area (Å²) in [5.74, 6) is -0.481. The van der Waals surface area contributed by atoms with Crippen molar-refractivity contribution in [3.8, 4) is 0 Å². The first-order valence-corrected chi connectivity index (χ1v) is 7.63. The second kappa shape index (κ2) is 6.23. The van der Waals surface area contributed by atoms with Crippen molar-refractivity contribution in [2.75, 3.05) is 0 Å². The van der Waals surface area contributed by atoms with Crippen LogP contribution in [0.15, 0.2) is 46.6 Å². The molecular weight excluding hydrogens is 304 g/mol. The summed E-state index contributed by atoms with van der Waals surface area (Å²) in [6.07, 6.45) is -0.192. The number of benzene rings is 1. The van der Waals surface area contributed by atoms with Crippen LogP contribution in [0.1, 0.15) is 22.5 Å². The molecule has 0 amide bonds. The van der Waals surface area contributed by atoms with Crippen molar-refractivity contribution in [1.82, 2.24) is 9.38 Å². The predicted molar refractivity (Wildman–Crippen MR) is 91.4 cm³/mol. The number of hydrogen-bond acceptors (Lipinski definition) is 4. The lowest BCUT2D eigenvalue weighted by Gasteiger charge is -2.03. The first kappa shape index (κ1) is 15.9. The van der Waals surface area contributed by atoms with E-state index in [0.29, 0.717) is 17.2 Å². The fraction of sp³-hybridized carbons (Fsp3) is 0.222. The number of nitrogens with zero attached hydrogens (tertiary/aromatic N) is 4. The topological polar surface area (TPSA) is 79.3 Å². The van der Waals surface area contributed by atoms with Gasteiger partial charge in [-0.2, -0.15) is 0 Å². The van der Waals surface area contributed by atoms with E-state index in [4.69, 9.17) is 5.11 Å². The Bertz CT molecular complexity index is 957. The molecule has 24 heavy (non-hydrogen) atoms. The number of imidazole rings is 1. The van der Waals surface area contributed by atoms with E-state index in [1.165, 1.54) is 0 Å². The summed E-state index contributed by atoms with van der Waals surface area (Å²) >= 11 is 0. The van der Waals surface area contributed by atoms with Gasteiger partial charge in [-0.05, 0) is 50.1 Å². The number of aromatic nitrogens is 2. The average Bonchev–Trinajstić information content (AvgIpc) is 2.86. The number of carboxylic acid groups (broad SMARTS) is 1. The van der Waals surface area contributed by atoms with Gasteiger partial charge in [-0.3, -0.25) is 9.20 Å². The number of pyridine rings is 1. The van der Waals surface area contributed by atoms with Crippen LogP contribution in [0.4, 0.5) is 11.5 Å². The molecule has 0 saturated heterocycles. The molecule has 1 aromatic carbocycles. The van der Waals surface area contributed by atoms with E-state index < -0.39 is 5.97 Å². The van der Waals surface area contributed by atoms with Gasteiger partial charge in [0.25, 0.3) is 0 Å². The van der Waals surface area contributed by atoms with Crippen LogP contribution in [0.25, 0.3) is 5.65 Å². The molecular formula is C18H18N4O2. The summed E-state index contributed by atoms with van der Waals surface area (Å²) in [5, 5.41) is 17.8. The summed E-state index contributed by atoms with van der Waals surface area (Å²) in [6.45, 7) is 5.88. The molecule has 0 fully saturated rings. The Balaban J connectivity index is 2.14. The van der Waals surface area contributed by atoms with Gasteiger partial charge < -0.3 is 5.11 Å². The standard InChI is InChI=1S/C18H18N4O2/c1-11-7-8-12(2)14(9-11)20-21-18-15(10-17(23)24)19-16-6-4-5-13(3)22(16)18/h4-9H,10H2,1-3H3,(H,23,24). The van der Waals surface area contributed by atoms with E-state index in [1.807, 2.05) is 61.6 Å². The average molecular weight is 322 g/mol. The second-order valence-electron chi connectivity index (χ2n) is 5.80. The van der Waals surface area contributed by atoms with Gasteiger partial charge in [-0.1, -0.05) is 18.2 Å². The monoisotopic (exact) mass is 322 g/mol. The molecule has 6 heteroatoms. The van der Waals surface area contributed by atoms with E-state index in [9.17, 15) is 4.79 Å². The van der Waals surface area contributed by atoms with E-state index >= 15 is 0 Å². The molecule has 0 saturated carbocycles. The number of fused-ring (bicyclic) bond motifs is 1. The second-order valence-corrected chi connectivity index (χ2v) is 5.80. The van der Waals surface area contributed by atoms with Crippen LogP contribution in [0.5, 0.6) is 0 Å². The summed E-state index contributed by atoms with van der Waals surface area (Å²) in [5.41, 5.74) is 4.86. The van der Waals surface area contributed by atoms with E-state index in [-0.39, 0.29) is 6.42 Å². The number of carboxylic acids is 1. The van der Waals surface area contributed by atoms with Gasteiger partial charge in [-0.15, -0.1) is 10.2 Å². The lowest BCUT2D eigenvalue weighted by molar-refractivity contribution is -0.136. The van der Waals surface area contributed by atoms with Crippen LogP contribution in [0.3, 0.4) is 0 Å². The van der Waals surface area contributed by atoms with Gasteiger partial charge in [0, 0.05) is 5.69 Å². The molecule has 0 unspecified atom stereocenters. The quantitative estimate of drug-likeness (QED) is 0.727. The maximum Gasteiger partial charge on any atom is 0.309 e. The number of hydrogen-bond donors (Lipinski definition) is 1. The molecule has 0 aliphatic heterocycles. The Morgan fingerprint density at radius 2 is 1.96 bits per heavy atom. The number of aliphatic carboxylic acids is 1. The summed E-state index contributed by atoms with van der Waals surface area (Å²) in [7, 11) is 0. The minimum atomic E-state index is -0.945. The molecule has 0 bridgehead atoms.